The Morgan fingerprint density at radius 1 is 1.05 bits per heavy atom. The fraction of sp³-hybridized carbons (Fsp3) is 0.143. The monoisotopic (exact) mass is 273 g/mol. The number of nitrogens with one attached hydrogen (secondary N) is 1. The van der Waals surface area contributed by atoms with Crippen molar-refractivity contribution in [3.8, 4) is 0 Å². The fourth-order valence-corrected chi connectivity index (χ4v) is 2.10. The molecule has 96 valence electrons. The maximum atomic E-state index is 5.64. The van der Waals surface area contributed by atoms with Crippen molar-refractivity contribution in [2.24, 2.45) is 0 Å². The summed E-state index contributed by atoms with van der Waals surface area (Å²) in [6, 6.07) is 14.5. The van der Waals surface area contributed by atoms with Crippen LogP contribution in [0.25, 0.3) is 10.8 Å². The minimum atomic E-state index is 0.386. The van der Waals surface area contributed by atoms with Crippen molar-refractivity contribution in [1.82, 2.24) is 10.2 Å². The van der Waals surface area contributed by atoms with Crippen molar-refractivity contribution < 1.29 is 4.42 Å². The van der Waals surface area contributed by atoms with Crippen LogP contribution in [0.2, 0.25) is 0 Å². The zero-order valence-electron chi connectivity index (χ0n) is 10.1. The Morgan fingerprint density at radius 2 is 1.89 bits per heavy atom. The van der Waals surface area contributed by atoms with Gasteiger partial charge in [-0.05, 0) is 11.5 Å². The second-order valence-electron chi connectivity index (χ2n) is 4.09. The molecule has 4 nitrogen and oxygen atoms in total. The van der Waals surface area contributed by atoms with Gasteiger partial charge in [-0.15, -0.1) is 16.7 Å². The van der Waals surface area contributed by atoms with Crippen LogP contribution in [-0.4, -0.2) is 16.1 Å². The molecule has 0 fully saturated rings. The number of rotatable bonds is 4. The molecule has 5 heteroatoms. The van der Waals surface area contributed by atoms with Crippen molar-refractivity contribution in [2.75, 3.05) is 11.2 Å². The SMILES string of the molecule is ClCCc1nnc(Nc2cccc3ccccc23)o1. The van der Waals surface area contributed by atoms with Crippen molar-refractivity contribution in [1.29, 1.82) is 0 Å². The molecule has 0 aliphatic heterocycles. The summed E-state index contributed by atoms with van der Waals surface area (Å²) >= 11 is 5.64. The average molecular weight is 274 g/mol. The molecule has 3 aromatic rings. The van der Waals surface area contributed by atoms with Crippen molar-refractivity contribution in [2.45, 2.75) is 6.42 Å². The third kappa shape index (κ3) is 2.53. The largest absolute Gasteiger partial charge is 0.408 e. The lowest BCUT2D eigenvalue weighted by Gasteiger charge is -2.05. The van der Waals surface area contributed by atoms with Gasteiger partial charge in [-0.2, -0.15) is 0 Å². The summed E-state index contributed by atoms with van der Waals surface area (Å²) in [6.45, 7) is 0. The van der Waals surface area contributed by atoms with Gasteiger partial charge in [0.05, 0.1) is 5.69 Å². The summed E-state index contributed by atoms with van der Waals surface area (Å²) in [7, 11) is 0. The number of aryl methyl sites for hydroxylation is 1. The number of benzene rings is 2. The lowest BCUT2D eigenvalue weighted by molar-refractivity contribution is 0.516. The van der Waals surface area contributed by atoms with Crippen LogP contribution in [0.3, 0.4) is 0 Å². The smallest absolute Gasteiger partial charge is 0.320 e. The molecular weight excluding hydrogens is 262 g/mol. The Labute approximate surface area is 115 Å². The first kappa shape index (κ1) is 12.0. The molecule has 0 aliphatic rings. The van der Waals surface area contributed by atoms with Crippen molar-refractivity contribution >= 4 is 34.1 Å². The molecule has 0 saturated carbocycles. The van der Waals surface area contributed by atoms with E-state index in [0.29, 0.717) is 24.2 Å². The van der Waals surface area contributed by atoms with E-state index in [1.54, 1.807) is 0 Å². The van der Waals surface area contributed by atoms with Crippen LogP contribution in [0.5, 0.6) is 0 Å². The Morgan fingerprint density at radius 3 is 2.79 bits per heavy atom. The highest BCUT2D eigenvalue weighted by molar-refractivity contribution is 6.17. The number of nitrogens with zero attached hydrogens (tertiary/aromatic N) is 2. The molecule has 3 rings (SSSR count). The fourth-order valence-electron chi connectivity index (χ4n) is 1.94. The number of alkyl halides is 1. The molecule has 0 saturated heterocycles. The average Bonchev–Trinajstić information content (AvgIpc) is 2.87. The normalized spacial score (nSPS) is 10.8. The van der Waals surface area contributed by atoms with Gasteiger partial charge in [0.15, 0.2) is 0 Å². The molecule has 1 N–H and O–H groups in total. The Hall–Kier alpha value is -2.07. The minimum Gasteiger partial charge on any atom is -0.408 e. The Balaban J connectivity index is 1.92. The van der Waals surface area contributed by atoms with Gasteiger partial charge >= 0.3 is 6.01 Å². The van der Waals surface area contributed by atoms with Crippen LogP contribution in [0.15, 0.2) is 46.9 Å². The minimum absolute atomic E-state index is 0.386. The highest BCUT2D eigenvalue weighted by Gasteiger charge is 2.07. The van der Waals surface area contributed by atoms with Crippen molar-refractivity contribution in [3.05, 3.63) is 48.4 Å². The van der Waals surface area contributed by atoms with E-state index in [0.717, 1.165) is 16.5 Å². The maximum Gasteiger partial charge on any atom is 0.320 e. The van der Waals surface area contributed by atoms with Gasteiger partial charge < -0.3 is 9.73 Å². The quantitative estimate of drug-likeness (QED) is 0.736. The third-order valence-corrected chi connectivity index (χ3v) is 3.00. The van der Waals surface area contributed by atoms with Crippen LogP contribution in [-0.2, 0) is 6.42 Å². The first-order valence-corrected chi connectivity index (χ1v) is 6.53. The molecule has 0 unspecified atom stereocenters. The number of aromatic nitrogens is 2. The summed E-state index contributed by atoms with van der Waals surface area (Å²) in [5.41, 5.74) is 0.944. The van der Waals surface area contributed by atoms with E-state index >= 15 is 0 Å². The second kappa shape index (κ2) is 5.28. The maximum absolute atomic E-state index is 5.64. The molecule has 0 spiro atoms. The van der Waals surface area contributed by atoms with Gasteiger partial charge in [-0.1, -0.05) is 41.5 Å². The first-order chi connectivity index (χ1) is 9.36. The summed E-state index contributed by atoms with van der Waals surface area (Å²) in [5.74, 6) is 1.01. The third-order valence-electron chi connectivity index (χ3n) is 2.81. The number of anilines is 2. The number of hydrogen-bond donors (Lipinski definition) is 1. The van der Waals surface area contributed by atoms with Gasteiger partial charge in [0.1, 0.15) is 0 Å². The van der Waals surface area contributed by atoms with Gasteiger partial charge in [-0.25, -0.2) is 0 Å². The summed E-state index contributed by atoms with van der Waals surface area (Å²) in [4.78, 5) is 0. The van der Waals surface area contributed by atoms with E-state index in [1.165, 1.54) is 0 Å². The molecule has 2 aromatic carbocycles. The predicted octanol–water partition coefficient (Wildman–Crippen LogP) is 3.75. The highest BCUT2D eigenvalue weighted by Crippen LogP contribution is 2.25. The molecular formula is C14H12ClN3O. The highest BCUT2D eigenvalue weighted by atomic mass is 35.5. The van der Waals surface area contributed by atoms with E-state index in [2.05, 4.69) is 27.6 Å². The zero-order valence-corrected chi connectivity index (χ0v) is 10.9. The van der Waals surface area contributed by atoms with Gasteiger partial charge in [0, 0.05) is 17.7 Å². The predicted molar refractivity (Wildman–Crippen MR) is 76.0 cm³/mol. The van der Waals surface area contributed by atoms with Gasteiger partial charge in [0.2, 0.25) is 5.89 Å². The number of hydrogen-bond acceptors (Lipinski definition) is 4. The number of fused-ring (bicyclic) bond motifs is 1. The second-order valence-corrected chi connectivity index (χ2v) is 4.47. The molecule has 19 heavy (non-hydrogen) atoms. The van der Waals surface area contributed by atoms with E-state index in [-0.39, 0.29) is 0 Å². The van der Waals surface area contributed by atoms with E-state index in [9.17, 15) is 0 Å². The van der Waals surface area contributed by atoms with E-state index < -0.39 is 0 Å². The lowest BCUT2D eigenvalue weighted by Crippen LogP contribution is -1.91. The summed E-state index contributed by atoms with van der Waals surface area (Å²) < 4.78 is 5.46. The topological polar surface area (TPSA) is 51.0 Å². The van der Waals surface area contributed by atoms with Crippen LogP contribution in [0, 0.1) is 0 Å². The van der Waals surface area contributed by atoms with Crippen LogP contribution < -0.4 is 5.32 Å². The molecule has 0 amide bonds. The zero-order chi connectivity index (χ0) is 13.1. The number of halogens is 1. The Kier molecular flexibility index (Phi) is 3.33. The van der Waals surface area contributed by atoms with Crippen LogP contribution >= 0.6 is 11.6 Å². The lowest BCUT2D eigenvalue weighted by atomic mass is 10.1. The standard InChI is InChI=1S/C14H12ClN3O/c15-9-8-13-17-18-14(19-13)16-12-7-3-5-10-4-1-2-6-11(10)12/h1-7H,8-9H2,(H,16,18). The molecule has 1 aromatic heterocycles. The van der Waals surface area contributed by atoms with E-state index in [1.807, 2.05) is 30.3 Å². The molecule has 0 bridgehead atoms. The Bertz CT molecular complexity index is 690. The van der Waals surface area contributed by atoms with Crippen molar-refractivity contribution in [3.63, 3.8) is 0 Å². The molecule has 0 radical (unpaired) electrons. The van der Waals surface area contributed by atoms with Gasteiger partial charge in [-0.3, -0.25) is 0 Å². The molecule has 1 heterocycles. The molecule has 0 atom stereocenters. The summed E-state index contributed by atoms with van der Waals surface area (Å²) in [5, 5.41) is 13.3. The van der Waals surface area contributed by atoms with Crippen LogP contribution in [0.1, 0.15) is 5.89 Å². The first-order valence-electron chi connectivity index (χ1n) is 6.00. The van der Waals surface area contributed by atoms with E-state index in [4.69, 9.17) is 16.0 Å². The van der Waals surface area contributed by atoms with Crippen LogP contribution in [0.4, 0.5) is 11.7 Å². The summed E-state index contributed by atoms with van der Waals surface area (Å²) in [6.07, 6.45) is 0.575. The van der Waals surface area contributed by atoms with Gasteiger partial charge in [0.25, 0.3) is 0 Å². The molecule has 0 aliphatic carbocycles.